The highest BCUT2D eigenvalue weighted by Gasteiger charge is 2.35. The average molecular weight is 352 g/mol. The Morgan fingerprint density at radius 1 is 1.23 bits per heavy atom. The van der Waals surface area contributed by atoms with Crippen molar-refractivity contribution in [3.8, 4) is 5.69 Å². The number of carbonyl (C=O) groups excluding carboxylic acids is 1. The number of hydrogen-bond acceptors (Lipinski definition) is 3. The summed E-state index contributed by atoms with van der Waals surface area (Å²) in [5, 5.41) is 7.98. The minimum atomic E-state index is 0.151. The molecule has 1 amide bonds. The van der Waals surface area contributed by atoms with Gasteiger partial charge in [-0.05, 0) is 76.2 Å². The molecule has 1 aromatic carbocycles. The monoisotopic (exact) mass is 352 g/mol. The molecule has 5 nitrogen and oxygen atoms in total. The normalized spacial score (nSPS) is 23.4. The quantitative estimate of drug-likeness (QED) is 0.923. The van der Waals surface area contributed by atoms with Crippen LogP contribution < -0.4 is 5.32 Å². The molecule has 2 aliphatic heterocycles. The fraction of sp³-hybridized carbons (Fsp3) is 0.524. The second-order valence-corrected chi connectivity index (χ2v) is 7.71. The van der Waals surface area contributed by atoms with E-state index in [1.54, 1.807) is 6.20 Å². The first-order valence-electron chi connectivity index (χ1n) is 9.78. The van der Waals surface area contributed by atoms with Crippen LogP contribution in [-0.4, -0.2) is 46.3 Å². The summed E-state index contributed by atoms with van der Waals surface area (Å²) in [5.74, 6) is 0.740. The van der Waals surface area contributed by atoms with Crippen molar-refractivity contribution in [2.45, 2.75) is 45.6 Å². The van der Waals surface area contributed by atoms with Crippen LogP contribution in [0.3, 0.4) is 0 Å². The van der Waals surface area contributed by atoms with Gasteiger partial charge in [0, 0.05) is 12.6 Å². The van der Waals surface area contributed by atoms with Gasteiger partial charge in [-0.25, -0.2) is 4.68 Å². The molecule has 0 bridgehead atoms. The molecule has 0 spiro atoms. The first-order chi connectivity index (χ1) is 12.6. The third-order valence-electron chi connectivity index (χ3n) is 5.94. The molecule has 2 aromatic rings. The molecule has 3 heterocycles. The first-order valence-corrected chi connectivity index (χ1v) is 9.78. The lowest BCUT2D eigenvalue weighted by molar-refractivity contribution is 0.0529. The van der Waals surface area contributed by atoms with Crippen molar-refractivity contribution in [2.75, 3.05) is 19.6 Å². The Morgan fingerprint density at radius 3 is 2.88 bits per heavy atom. The molecule has 0 saturated carbocycles. The van der Waals surface area contributed by atoms with E-state index in [2.05, 4.69) is 34.4 Å². The average Bonchev–Trinajstić information content (AvgIpc) is 3.31. The molecule has 4 rings (SSSR count). The molecule has 5 heteroatoms. The Balaban J connectivity index is 1.61. The summed E-state index contributed by atoms with van der Waals surface area (Å²) in [6.07, 6.45) is 6.39. The molecule has 2 unspecified atom stereocenters. The molecule has 0 aliphatic carbocycles. The molecule has 1 aromatic heterocycles. The number of piperidine rings is 1. The Morgan fingerprint density at radius 2 is 2.12 bits per heavy atom. The summed E-state index contributed by atoms with van der Waals surface area (Å²) < 4.78 is 1.89. The molecular formula is C21H28N4O. The lowest BCUT2D eigenvalue weighted by Gasteiger charge is -2.39. The van der Waals surface area contributed by atoms with Gasteiger partial charge in [-0.15, -0.1) is 0 Å². The van der Waals surface area contributed by atoms with Crippen molar-refractivity contribution in [3.63, 3.8) is 0 Å². The zero-order chi connectivity index (χ0) is 18.1. The Labute approximate surface area is 155 Å². The van der Waals surface area contributed by atoms with Crippen LogP contribution in [0, 0.1) is 19.8 Å². The third-order valence-corrected chi connectivity index (χ3v) is 5.94. The first kappa shape index (κ1) is 17.3. The number of nitrogens with zero attached hydrogens (tertiary/aromatic N) is 3. The van der Waals surface area contributed by atoms with Gasteiger partial charge in [0.15, 0.2) is 0 Å². The summed E-state index contributed by atoms with van der Waals surface area (Å²) in [6.45, 7) is 7.06. The van der Waals surface area contributed by atoms with E-state index in [0.29, 0.717) is 12.0 Å². The molecule has 2 fully saturated rings. The highest BCUT2D eigenvalue weighted by Crippen LogP contribution is 2.29. The predicted octanol–water partition coefficient (Wildman–Crippen LogP) is 3.09. The van der Waals surface area contributed by atoms with Crippen molar-refractivity contribution in [2.24, 2.45) is 5.92 Å². The molecule has 1 N–H and O–H groups in total. The maximum Gasteiger partial charge on any atom is 0.257 e. The van der Waals surface area contributed by atoms with Crippen LogP contribution in [0.1, 0.15) is 47.3 Å². The Bertz CT molecular complexity index is 791. The van der Waals surface area contributed by atoms with E-state index in [0.717, 1.165) is 49.4 Å². The Kier molecular flexibility index (Phi) is 4.81. The van der Waals surface area contributed by atoms with Gasteiger partial charge in [-0.2, -0.15) is 5.10 Å². The van der Waals surface area contributed by atoms with E-state index in [1.807, 2.05) is 23.7 Å². The topological polar surface area (TPSA) is 50.2 Å². The number of carbonyl (C=O) groups is 1. The van der Waals surface area contributed by atoms with Gasteiger partial charge >= 0.3 is 0 Å². The van der Waals surface area contributed by atoms with Gasteiger partial charge in [0.2, 0.25) is 0 Å². The van der Waals surface area contributed by atoms with E-state index >= 15 is 0 Å². The molecule has 0 radical (unpaired) electrons. The van der Waals surface area contributed by atoms with Crippen molar-refractivity contribution in [1.29, 1.82) is 0 Å². The van der Waals surface area contributed by atoms with Crippen LogP contribution in [0.5, 0.6) is 0 Å². The fourth-order valence-corrected chi connectivity index (χ4v) is 4.50. The maximum atomic E-state index is 13.4. The minimum Gasteiger partial charge on any atom is -0.335 e. The number of hydrogen-bond donors (Lipinski definition) is 1. The van der Waals surface area contributed by atoms with Crippen molar-refractivity contribution >= 4 is 5.91 Å². The lowest BCUT2D eigenvalue weighted by Crippen LogP contribution is -2.48. The van der Waals surface area contributed by atoms with Gasteiger partial charge in [-0.1, -0.05) is 12.1 Å². The molecule has 2 atom stereocenters. The summed E-state index contributed by atoms with van der Waals surface area (Å²) in [7, 11) is 0. The third kappa shape index (κ3) is 3.16. The van der Waals surface area contributed by atoms with Gasteiger partial charge in [0.25, 0.3) is 5.91 Å². The van der Waals surface area contributed by atoms with E-state index < -0.39 is 0 Å². The van der Waals surface area contributed by atoms with Gasteiger partial charge in [0.05, 0.1) is 23.1 Å². The van der Waals surface area contributed by atoms with Crippen LogP contribution in [0.25, 0.3) is 5.69 Å². The molecule has 138 valence electrons. The highest BCUT2D eigenvalue weighted by atomic mass is 16.2. The van der Waals surface area contributed by atoms with E-state index in [1.165, 1.54) is 18.4 Å². The van der Waals surface area contributed by atoms with Crippen molar-refractivity contribution < 1.29 is 4.79 Å². The second kappa shape index (κ2) is 7.23. The van der Waals surface area contributed by atoms with Gasteiger partial charge in [-0.3, -0.25) is 4.79 Å². The molecule has 2 aliphatic rings. The van der Waals surface area contributed by atoms with E-state index in [-0.39, 0.29) is 5.91 Å². The van der Waals surface area contributed by atoms with Gasteiger partial charge < -0.3 is 10.2 Å². The van der Waals surface area contributed by atoms with Crippen LogP contribution in [0.15, 0.2) is 30.5 Å². The number of amides is 1. The standard InChI is InChI=1S/C21H28N4O/c1-15-6-5-7-18(12-15)25-16(2)19(14-23-25)21(26)24-11-4-3-8-20(24)17-9-10-22-13-17/h5-7,12,14,17,20,22H,3-4,8-11,13H2,1-2H3. The molecule has 26 heavy (non-hydrogen) atoms. The predicted molar refractivity (Wildman–Crippen MR) is 103 cm³/mol. The van der Waals surface area contributed by atoms with Crippen molar-refractivity contribution in [1.82, 2.24) is 20.0 Å². The van der Waals surface area contributed by atoms with Crippen LogP contribution in [0.2, 0.25) is 0 Å². The number of aromatic nitrogens is 2. The Hall–Kier alpha value is -2.14. The number of likely N-dealkylation sites (tertiary alicyclic amines) is 1. The maximum absolute atomic E-state index is 13.4. The minimum absolute atomic E-state index is 0.151. The lowest BCUT2D eigenvalue weighted by atomic mass is 9.89. The number of aryl methyl sites for hydroxylation is 1. The molecular weight excluding hydrogens is 324 g/mol. The van der Waals surface area contributed by atoms with Crippen LogP contribution in [0.4, 0.5) is 0 Å². The largest absolute Gasteiger partial charge is 0.335 e. The zero-order valence-electron chi connectivity index (χ0n) is 15.7. The smallest absolute Gasteiger partial charge is 0.257 e. The van der Waals surface area contributed by atoms with E-state index in [4.69, 9.17) is 0 Å². The number of nitrogens with one attached hydrogen (secondary N) is 1. The fourth-order valence-electron chi connectivity index (χ4n) is 4.50. The second-order valence-electron chi connectivity index (χ2n) is 7.71. The summed E-state index contributed by atoms with van der Waals surface area (Å²) >= 11 is 0. The summed E-state index contributed by atoms with van der Waals surface area (Å²) in [6, 6.07) is 8.61. The SMILES string of the molecule is Cc1cccc(-n2ncc(C(=O)N3CCCCC3C3CCNC3)c2C)c1. The molecule has 2 saturated heterocycles. The zero-order valence-corrected chi connectivity index (χ0v) is 15.7. The number of rotatable bonds is 3. The van der Waals surface area contributed by atoms with E-state index in [9.17, 15) is 4.79 Å². The van der Waals surface area contributed by atoms with Crippen molar-refractivity contribution in [3.05, 3.63) is 47.3 Å². The summed E-state index contributed by atoms with van der Waals surface area (Å²) in [5.41, 5.74) is 3.87. The van der Waals surface area contributed by atoms with Crippen LogP contribution >= 0.6 is 0 Å². The van der Waals surface area contributed by atoms with Gasteiger partial charge in [0.1, 0.15) is 0 Å². The van der Waals surface area contributed by atoms with Crippen LogP contribution in [-0.2, 0) is 0 Å². The highest BCUT2D eigenvalue weighted by molar-refractivity contribution is 5.95. The number of benzene rings is 1. The summed E-state index contributed by atoms with van der Waals surface area (Å²) in [4.78, 5) is 15.5.